The van der Waals surface area contributed by atoms with Crippen molar-refractivity contribution in [2.24, 2.45) is 17.6 Å². The summed E-state index contributed by atoms with van der Waals surface area (Å²) in [7, 11) is 0. The van der Waals surface area contributed by atoms with E-state index >= 15 is 0 Å². The number of hydrogen-bond donors (Lipinski definition) is 3. The number of nitrogens with zero attached hydrogens (tertiary/aromatic N) is 1. The van der Waals surface area contributed by atoms with Gasteiger partial charge in [0, 0.05) is 28.7 Å². The lowest BCUT2D eigenvalue weighted by atomic mass is 9.76. The maximum atomic E-state index is 13.6. The molecule has 1 spiro atoms. The van der Waals surface area contributed by atoms with E-state index in [0.717, 1.165) is 4.90 Å². The number of benzene rings is 2. The van der Waals surface area contributed by atoms with E-state index in [9.17, 15) is 19.2 Å². The van der Waals surface area contributed by atoms with Crippen LogP contribution in [0.15, 0.2) is 48.5 Å². The molecule has 152 valence electrons. The molecule has 0 aromatic heterocycles. The summed E-state index contributed by atoms with van der Waals surface area (Å²) in [6.07, 6.45) is -0.175. The van der Waals surface area contributed by atoms with Crippen LogP contribution in [0.3, 0.4) is 0 Å². The van der Waals surface area contributed by atoms with Crippen LogP contribution in [-0.2, 0) is 24.7 Å². The second kappa shape index (κ2) is 6.38. The number of hydrogen-bond acceptors (Lipinski definition) is 5. The van der Waals surface area contributed by atoms with E-state index in [1.807, 2.05) is 0 Å². The largest absolute Gasteiger partial charge is 0.370 e. The molecule has 9 heteroatoms. The molecule has 2 fully saturated rings. The Balaban J connectivity index is 1.67. The first-order valence-corrected chi connectivity index (χ1v) is 9.82. The summed E-state index contributed by atoms with van der Waals surface area (Å²) < 4.78 is 0. The molecule has 2 saturated heterocycles. The predicted octanol–water partition coefficient (Wildman–Crippen LogP) is 1.14. The van der Waals surface area contributed by atoms with Gasteiger partial charge in [0.2, 0.25) is 23.6 Å². The molecule has 4 N–H and O–H groups in total. The molecule has 0 radical (unpaired) electrons. The van der Waals surface area contributed by atoms with Gasteiger partial charge in [-0.2, -0.15) is 0 Å². The first-order chi connectivity index (χ1) is 14.3. The zero-order chi connectivity index (χ0) is 21.2. The van der Waals surface area contributed by atoms with E-state index in [0.29, 0.717) is 22.0 Å². The standard InChI is InChI=1S/C21H17ClN4O4/c22-10-5-7-11(8-6-10)26-18(28)16-14(9-15(23)27)25-21(17(16)19(26)29)12-3-1-2-4-13(12)24-20(21)30/h1-8,14,16-17,25H,9H2,(H2,23,27)(H,24,30)/t14-,16+,17-,21+/m0/s1. The molecule has 3 aliphatic heterocycles. The number of rotatable bonds is 3. The van der Waals surface area contributed by atoms with Crippen molar-refractivity contribution in [3.8, 4) is 0 Å². The molecule has 4 amide bonds. The second-order valence-corrected chi connectivity index (χ2v) is 8.16. The smallest absolute Gasteiger partial charge is 0.250 e. The fourth-order valence-electron chi connectivity index (χ4n) is 4.99. The summed E-state index contributed by atoms with van der Waals surface area (Å²) in [5.41, 5.74) is 5.47. The third-order valence-corrected chi connectivity index (χ3v) is 6.38. The lowest BCUT2D eigenvalue weighted by Gasteiger charge is -2.29. The molecule has 0 saturated carbocycles. The maximum Gasteiger partial charge on any atom is 0.250 e. The molecule has 30 heavy (non-hydrogen) atoms. The monoisotopic (exact) mass is 424 g/mol. The highest BCUT2D eigenvalue weighted by Crippen LogP contribution is 2.53. The summed E-state index contributed by atoms with van der Waals surface area (Å²) in [5, 5.41) is 6.41. The highest BCUT2D eigenvalue weighted by atomic mass is 35.5. The quantitative estimate of drug-likeness (QED) is 0.638. The van der Waals surface area contributed by atoms with Gasteiger partial charge in [0.1, 0.15) is 5.54 Å². The molecule has 3 aliphatic rings. The fraction of sp³-hybridized carbons (Fsp3) is 0.238. The van der Waals surface area contributed by atoms with Gasteiger partial charge >= 0.3 is 0 Å². The molecular formula is C21H17ClN4O4. The van der Waals surface area contributed by atoms with Gasteiger partial charge in [-0.05, 0) is 30.3 Å². The van der Waals surface area contributed by atoms with E-state index in [-0.39, 0.29) is 6.42 Å². The van der Waals surface area contributed by atoms with Crippen molar-refractivity contribution in [2.75, 3.05) is 10.2 Å². The average Bonchev–Trinajstić information content (AvgIpc) is 3.27. The lowest BCUT2D eigenvalue weighted by molar-refractivity contribution is -0.130. The van der Waals surface area contributed by atoms with Gasteiger partial charge in [-0.25, -0.2) is 4.90 Å². The molecule has 8 nitrogen and oxygen atoms in total. The summed E-state index contributed by atoms with van der Waals surface area (Å²) in [5.74, 6) is -3.94. The van der Waals surface area contributed by atoms with Crippen molar-refractivity contribution < 1.29 is 19.2 Å². The summed E-state index contributed by atoms with van der Waals surface area (Å²) in [4.78, 5) is 52.9. The lowest BCUT2D eigenvalue weighted by Crippen LogP contribution is -2.53. The minimum atomic E-state index is -1.45. The van der Waals surface area contributed by atoms with E-state index < -0.39 is 47.0 Å². The van der Waals surface area contributed by atoms with Crippen molar-refractivity contribution in [1.29, 1.82) is 0 Å². The number of primary amides is 1. The number of nitrogens with two attached hydrogens (primary N) is 1. The number of para-hydroxylation sites is 1. The number of carbonyl (C=O) groups excluding carboxylic acids is 4. The van der Waals surface area contributed by atoms with E-state index in [2.05, 4.69) is 10.6 Å². The van der Waals surface area contributed by atoms with E-state index in [1.165, 1.54) is 0 Å². The van der Waals surface area contributed by atoms with Crippen molar-refractivity contribution in [2.45, 2.75) is 18.0 Å². The van der Waals surface area contributed by atoms with Gasteiger partial charge in [-0.15, -0.1) is 0 Å². The molecule has 0 unspecified atom stereocenters. The van der Waals surface area contributed by atoms with Crippen molar-refractivity contribution in [3.63, 3.8) is 0 Å². The Kier molecular flexibility index (Phi) is 4.00. The zero-order valence-corrected chi connectivity index (χ0v) is 16.3. The molecule has 2 aromatic rings. The van der Waals surface area contributed by atoms with Crippen LogP contribution >= 0.6 is 11.6 Å². The number of nitrogens with one attached hydrogen (secondary N) is 2. The number of fused-ring (bicyclic) bond motifs is 4. The molecule has 4 atom stereocenters. The van der Waals surface area contributed by atoms with Crippen LogP contribution < -0.4 is 21.3 Å². The number of carbonyl (C=O) groups is 4. The molecule has 3 heterocycles. The topological polar surface area (TPSA) is 122 Å². The summed E-state index contributed by atoms with van der Waals surface area (Å²) >= 11 is 5.94. The molecular weight excluding hydrogens is 408 g/mol. The van der Waals surface area contributed by atoms with Crippen LogP contribution in [0, 0.1) is 11.8 Å². The fourth-order valence-corrected chi connectivity index (χ4v) is 5.12. The van der Waals surface area contributed by atoms with E-state index in [4.69, 9.17) is 17.3 Å². The van der Waals surface area contributed by atoms with Crippen LogP contribution in [0.2, 0.25) is 5.02 Å². The van der Waals surface area contributed by atoms with Gasteiger partial charge < -0.3 is 11.1 Å². The van der Waals surface area contributed by atoms with Gasteiger partial charge in [-0.1, -0.05) is 29.8 Å². The van der Waals surface area contributed by atoms with Gasteiger partial charge in [0.05, 0.1) is 17.5 Å². The maximum absolute atomic E-state index is 13.6. The number of anilines is 2. The highest BCUT2D eigenvalue weighted by Gasteiger charge is 2.70. The van der Waals surface area contributed by atoms with E-state index in [1.54, 1.807) is 48.5 Å². The highest BCUT2D eigenvalue weighted by molar-refractivity contribution is 6.31. The Hall–Kier alpha value is -3.23. The van der Waals surface area contributed by atoms with Gasteiger partial charge in [0.15, 0.2) is 0 Å². The first-order valence-electron chi connectivity index (χ1n) is 9.45. The molecule has 0 bridgehead atoms. The second-order valence-electron chi connectivity index (χ2n) is 7.72. The first kappa shape index (κ1) is 18.8. The average molecular weight is 425 g/mol. The predicted molar refractivity (Wildman–Crippen MR) is 108 cm³/mol. The van der Waals surface area contributed by atoms with Crippen molar-refractivity contribution in [1.82, 2.24) is 5.32 Å². The van der Waals surface area contributed by atoms with Crippen LogP contribution in [0.25, 0.3) is 0 Å². The molecule has 2 aromatic carbocycles. The Morgan fingerprint density at radius 1 is 1.07 bits per heavy atom. The SMILES string of the molecule is NC(=O)C[C@@H]1N[C@@]2(C(=O)Nc3ccccc32)[C@@H]2C(=O)N(c3ccc(Cl)cc3)C(=O)[C@H]12. The molecule has 5 rings (SSSR count). The Bertz CT molecular complexity index is 1120. The Morgan fingerprint density at radius 2 is 1.77 bits per heavy atom. The van der Waals surface area contributed by atoms with Crippen LogP contribution in [0.4, 0.5) is 11.4 Å². The Morgan fingerprint density at radius 3 is 2.47 bits per heavy atom. The van der Waals surface area contributed by atoms with Crippen molar-refractivity contribution >= 4 is 46.6 Å². The molecule has 0 aliphatic carbocycles. The van der Waals surface area contributed by atoms with Crippen LogP contribution in [0.1, 0.15) is 12.0 Å². The third kappa shape index (κ3) is 2.37. The van der Waals surface area contributed by atoms with Crippen molar-refractivity contribution in [3.05, 3.63) is 59.1 Å². The van der Waals surface area contributed by atoms with Crippen LogP contribution in [0.5, 0.6) is 0 Å². The summed E-state index contributed by atoms with van der Waals surface area (Å²) in [6.45, 7) is 0. The third-order valence-electron chi connectivity index (χ3n) is 6.13. The normalized spacial score (nSPS) is 29.3. The Labute approximate surface area is 176 Å². The van der Waals surface area contributed by atoms with Crippen LogP contribution in [-0.4, -0.2) is 29.7 Å². The van der Waals surface area contributed by atoms with Gasteiger partial charge in [0.25, 0.3) is 0 Å². The number of halogens is 1. The minimum Gasteiger partial charge on any atom is -0.370 e. The zero-order valence-electron chi connectivity index (χ0n) is 15.6. The minimum absolute atomic E-state index is 0.175. The van der Waals surface area contributed by atoms with Gasteiger partial charge in [-0.3, -0.25) is 24.5 Å². The number of amides is 4. The summed E-state index contributed by atoms with van der Waals surface area (Å²) in [6, 6.07) is 12.6. The number of imide groups is 1.